The number of carbonyl (C=O) groups is 2. The lowest BCUT2D eigenvalue weighted by Crippen LogP contribution is -2.52. The Hall–Kier alpha value is -2.84. The van der Waals surface area contributed by atoms with Crippen molar-refractivity contribution in [3.05, 3.63) is 46.2 Å². The van der Waals surface area contributed by atoms with E-state index >= 15 is 0 Å². The van der Waals surface area contributed by atoms with Gasteiger partial charge in [0.15, 0.2) is 0 Å². The number of fused-ring (bicyclic) bond motifs is 3. The van der Waals surface area contributed by atoms with Crippen LogP contribution < -0.4 is 10.9 Å². The zero-order chi connectivity index (χ0) is 34.0. The minimum Gasteiger partial charge on any atom is -0.368 e. The second-order valence-corrected chi connectivity index (χ2v) is 16.5. The van der Waals surface area contributed by atoms with Crippen LogP contribution >= 0.6 is 0 Å². The van der Waals surface area contributed by atoms with Crippen LogP contribution in [-0.4, -0.2) is 133 Å². The summed E-state index contributed by atoms with van der Waals surface area (Å²) in [4.78, 5) is 46.0. The number of likely N-dealkylation sites (N-methyl/N-ethyl adjacent to an activating group) is 1. The number of hydrogen-bond acceptors (Lipinski definition) is 8. The molecule has 48 heavy (non-hydrogen) atoms. The third kappa shape index (κ3) is 7.65. The van der Waals surface area contributed by atoms with Crippen molar-refractivity contribution >= 4 is 32.7 Å². The maximum absolute atomic E-state index is 13.4. The van der Waals surface area contributed by atoms with Crippen LogP contribution in [0.1, 0.15) is 75.2 Å². The molecule has 13 heteroatoms. The number of nitrogens with one attached hydrogen (secondary N) is 1. The van der Waals surface area contributed by atoms with Crippen LogP contribution in [0.3, 0.4) is 0 Å². The molecule has 2 amide bonds. The van der Waals surface area contributed by atoms with Crippen LogP contribution in [0.5, 0.6) is 0 Å². The number of piperidine rings is 1. The molecule has 0 spiro atoms. The van der Waals surface area contributed by atoms with Crippen LogP contribution in [0.25, 0.3) is 10.9 Å². The van der Waals surface area contributed by atoms with Crippen molar-refractivity contribution in [1.29, 1.82) is 0 Å². The number of ether oxygens (including phenoxy) is 1. The van der Waals surface area contributed by atoms with E-state index in [0.717, 1.165) is 62.5 Å². The molecular formula is C35H52N6O6S. The standard InChI is InChI=1S/C35H52N6O6S/c1-25(2)41-31-9-5-4-8-26(31)22-30(34(41)43)33(42)36-27-23-28-11-12-29(24-27)40(28)13-7-21-48(45,46)37(3)14-15-38-16-18-39(19-17-38)35(44)32-10-6-20-47-32/h4-5,8-9,22,25,27-29,32H,6-7,10-21,23-24H2,1-3H3,(H,36,42)/t27-,28-,29+,32?. The maximum atomic E-state index is 13.4. The second kappa shape index (κ2) is 15.0. The predicted molar refractivity (Wildman–Crippen MR) is 186 cm³/mol. The molecule has 4 aliphatic heterocycles. The van der Waals surface area contributed by atoms with Crippen LogP contribution in [0.15, 0.2) is 35.1 Å². The lowest BCUT2D eigenvalue weighted by atomic mass is 9.96. The fraction of sp³-hybridized carbons (Fsp3) is 0.686. The highest BCUT2D eigenvalue weighted by Crippen LogP contribution is 2.36. The quantitative estimate of drug-likeness (QED) is 0.362. The number of piperazine rings is 1. The molecule has 4 atom stereocenters. The number of sulfonamides is 1. The highest BCUT2D eigenvalue weighted by Gasteiger charge is 2.41. The number of para-hydroxylation sites is 1. The SMILES string of the molecule is CC(C)n1c(=O)c(C(=O)N[C@@H]2C[C@H]3CC[C@@H](C2)N3CCCS(=O)(=O)N(C)CCN2CCN(C(=O)C3CCCO3)CC2)cc2ccccc21. The van der Waals surface area contributed by atoms with Crippen molar-refractivity contribution in [1.82, 2.24) is 28.9 Å². The third-order valence-corrected chi connectivity index (χ3v) is 12.8. The number of aromatic nitrogens is 1. The van der Waals surface area contributed by atoms with Gasteiger partial charge in [-0.2, -0.15) is 0 Å². The Morgan fingerprint density at radius 3 is 2.40 bits per heavy atom. The molecule has 1 unspecified atom stereocenters. The van der Waals surface area contributed by atoms with Gasteiger partial charge < -0.3 is 19.5 Å². The molecule has 1 N–H and O–H groups in total. The van der Waals surface area contributed by atoms with Crippen molar-refractivity contribution in [2.45, 2.75) is 89.1 Å². The highest BCUT2D eigenvalue weighted by atomic mass is 32.2. The van der Waals surface area contributed by atoms with E-state index in [1.54, 1.807) is 17.7 Å². The summed E-state index contributed by atoms with van der Waals surface area (Å²) < 4.78 is 35.0. The fourth-order valence-corrected chi connectivity index (χ4v) is 9.32. The zero-order valence-corrected chi connectivity index (χ0v) is 29.5. The molecule has 1 aromatic heterocycles. The van der Waals surface area contributed by atoms with E-state index in [4.69, 9.17) is 4.74 Å². The maximum Gasteiger partial charge on any atom is 0.264 e. The number of amides is 2. The van der Waals surface area contributed by atoms with Gasteiger partial charge in [0.2, 0.25) is 10.0 Å². The number of nitrogens with zero attached hydrogens (tertiary/aromatic N) is 5. The Balaban J connectivity index is 0.946. The smallest absolute Gasteiger partial charge is 0.264 e. The van der Waals surface area contributed by atoms with Crippen LogP contribution in [0.4, 0.5) is 0 Å². The Bertz CT molecular complexity index is 1620. The van der Waals surface area contributed by atoms with Gasteiger partial charge >= 0.3 is 0 Å². The summed E-state index contributed by atoms with van der Waals surface area (Å²) in [6, 6.07) is 9.87. The molecule has 0 aliphatic carbocycles. The average molecular weight is 685 g/mol. The Morgan fingerprint density at radius 1 is 1.02 bits per heavy atom. The minimum atomic E-state index is -3.39. The Kier molecular flexibility index (Phi) is 10.9. The predicted octanol–water partition coefficient (Wildman–Crippen LogP) is 2.28. The van der Waals surface area contributed by atoms with Gasteiger partial charge in [0.25, 0.3) is 17.4 Å². The summed E-state index contributed by atoms with van der Waals surface area (Å²) >= 11 is 0. The van der Waals surface area contributed by atoms with E-state index in [2.05, 4.69) is 15.1 Å². The lowest BCUT2D eigenvalue weighted by molar-refractivity contribution is -0.142. The van der Waals surface area contributed by atoms with Crippen molar-refractivity contribution < 1.29 is 22.7 Å². The van der Waals surface area contributed by atoms with Gasteiger partial charge in [-0.25, -0.2) is 12.7 Å². The van der Waals surface area contributed by atoms with E-state index < -0.39 is 10.0 Å². The molecule has 1 aromatic carbocycles. The zero-order valence-electron chi connectivity index (χ0n) is 28.7. The number of pyridine rings is 1. The highest BCUT2D eigenvalue weighted by molar-refractivity contribution is 7.89. The first-order valence-electron chi connectivity index (χ1n) is 17.8. The van der Waals surface area contributed by atoms with Gasteiger partial charge in [-0.3, -0.25) is 24.2 Å². The van der Waals surface area contributed by atoms with Gasteiger partial charge in [-0.1, -0.05) is 18.2 Å². The van der Waals surface area contributed by atoms with Crippen molar-refractivity contribution in [2.24, 2.45) is 0 Å². The summed E-state index contributed by atoms with van der Waals surface area (Å²) in [6.45, 7) is 9.14. The Morgan fingerprint density at radius 2 is 1.73 bits per heavy atom. The topological polar surface area (TPSA) is 124 Å². The van der Waals surface area contributed by atoms with Crippen LogP contribution in [0, 0.1) is 0 Å². The number of carbonyl (C=O) groups excluding carboxylic acids is 2. The van der Waals surface area contributed by atoms with E-state index in [9.17, 15) is 22.8 Å². The van der Waals surface area contributed by atoms with Crippen molar-refractivity contribution in [3.63, 3.8) is 0 Å². The van der Waals surface area contributed by atoms with E-state index in [0.29, 0.717) is 57.8 Å². The molecule has 0 radical (unpaired) electrons. The summed E-state index contributed by atoms with van der Waals surface area (Å²) in [6.07, 6.45) is 5.68. The minimum absolute atomic E-state index is 0.0180. The molecule has 264 valence electrons. The van der Waals surface area contributed by atoms with E-state index in [1.807, 2.05) is 43.0 Å². The third-order valence-electron chi connectivity index (χ3n) is 10.8. The first-order valence-corrected chi connectivity index (χ1v) is 19.4. The summed E-state index contributed by atoms with van der Waals surface area (Å²) in [5.74, 6) is -0.124. The largest absolute Gasteiger partial charge is 0.368 e. The Labute approximate surface area is 284 Å². The molecule has 12 nitrogen and oxygen atoms in total. The van der Waals surface area contributed by atoms with Gasteiger partial charge in [0.05, 0.1) is 11.3 Å². The molecule has 4 saturated heterocycles. The fourth-order valence-electron chi connectivity index (χ4n) is 8.16. The number of benzene rings is 1. The van der Waals surface area contributed by atoms with Crippen molar-refractivity contribution in [3.8, 4) is 0 Å². The van der Waals surface area contributed by atoms with E-state index in [-0.39, 0.29) is 46.9 Å². The van der Waals surface area contributed by atoms with Crippen LogP contribution in [-0.2, 0) is 19.6 Å². The monoisotopic (exact) mass is 684 g/mol. The van der Waals surface area contributed by atoms with E-state index in [1.165, 1.54) is 4.31 Å². The first kappa shape index (κ1) is 35.0. The normalized spacial score (nSPS) is 25.4. The lowest BCUT2D eigenvalue weighted by Gasteiger charge is -2.39. The number of hydrogen-bond donors (Lipinski definition) is 1. The average Bonchev–Trinajstić information content (AvgIpc) is 3.69. The molecule has 4 fully saturated rings. The molecule has 6 rings (SSSR count). The molecule has 2 aromatic rings. The van der Waals surface area contributed by atoms with Gasteiger partial charge in [0, 0.05) is 77.1 Å². The second-order valence-electron chi connectivity index (χ2n) is 14.3. The first-order chi connectivity index (χ1) is 23.0. The summed E-state index contributed by atoms with van der Waals surface area (Å²) in [5, 5.41) is 4.04. The molecule has 0 saturated carbocycles. The van der Waals surface area contributed by atoms with Gasteiger partial charge in [0.1, 0.15) is 11.7 Å². The number of rotatable bonds is 12. The molecule has 4 aliphatic rings. The molecular weight excluding hydrogens is 632 g/mol. The molecule has 5 heterocycles. The molecule has 2 bridgehead atoms. The van der Waals surface area contributed by atoms with Gasteiger partial charge in [-0.05, 0) is 82.9 Å². The summed E-state index contributed by atoms with van der Waals surface area (Å²) in [7, 11) is -1.73. The summed E-state index contributed by atoms with van der Waals surface area (Å²) in [5.41, 5.74) is 0.738. The van der Waals surface area contributed by atoms with Crippen LogP contribution in [0.2, 0.25) is 0 Å². The van der Waals surface area contributed by atoms with Crippen molar-refractivity contribution in [2.75, 3.05) is 65.2 Å². The van der Waals surface area contributed by atoms with Gasteiger partial charge in [-0.15, -0.1) is 0 Å².